The summed E-state index contributed by atoms with van der Waals surface area (Å²) in [5.74, 6) is -0.372. The SMILES string of the molecule is COC(=O)C1CN(C(=O)c2cc(C)cc(Br)c2)CC1C. The molecule has 108 valence electrons. The van der Waals surface area contributed by atoms with Gasteiger partial charge in [0.1, 0.15) is 0 Å². The quantitative estimate of drug-likeness (QED) is 0.778. The van der Waals surface area contributed by atoms with Crippen molar-refractivity contribution in [3.63, 3.8) is 0 Å². The van der Waals surface area contributed by atoms with E-state index in [0.717, 1.165) is 10.0 Å². The molecule has 1 fully saturated rings. The van der Waals surface area contributed by atoms with Crippen LogP contribution in [0.3, 0.4) is 0 Å². The molecule has 1 amide bonds. The van der Waals surface area contributed by atoms with E-state index in [0.29, 0.717) is 18.7 Å². The number of hydrogen-bond donors (Lipinski definition) is 0. The Morgan fingerprint density at radius 3 is 2.60 bits per heavy atom. The molecule has 5 heteroatoms. The van der Waals surface area contributed by atoms with Crippen molar-refractivity contribution in [1.82, 2.24) is 4.90 Å². The lowest BCUT2D eigenvalue weighted by atomic mass is 9.99. The Morgan fingerprint density at radius 1 is 1.30 bits per heavy atom. The molecule has 1 aliphatic rings. The van der Waals surface area contributed by atoms with Crippen LogP contribution in [0.1, 0.15) is 22.8 Å². The summed E-state index contributed by atoms with van der Waals surface area (Å²) in [7, 11) is 1.39. The second kappa shape index (κ2) is 5.95. The maximum Gasteiger partial charge on any atom is 0.310 e. The number of ether oxygens (including phenoxy) is 1. The summed E-state index contributed by atoms with van der Waals surface area (Å²) in [6, 6.07) is 5.63. The number of carbonyl (C=O) groups excluding carboxylic acids is 2. The fourth-order valence-electron chi connectivity index (χ4n) is 2.63. The minimum atomic E-state index is -0.238. The van der Waals surface area contributed by atoms with E-state index >= 15 is 0 Å². The Hall–Kier alpha value is -1.36. The van der Waals surface area contributed by atoms with Crippen molar-refractivity contribution >= 4 is 27.8 Å². The van der Waals surface area contributed by atoms with Crippen LogP contribution in [0.5, 0.6) is 0 Å². The van der Waals surface area contributed by atoms with Gasteiger partial charge in [0.2, 0.25) is 0 Å². The zero-order valence-electron chi connectivity index (χ0n) is 11.9. The number of amides is 1. The topological polar surface area (TPSA) is 46.6 Å². The highest BCUT2D eigenvalue weighted by atomic mass is 79.9. The number of benzene rings is 1. The van der Waals surface area contributed by atoms with E-state index in [4.69, 9.17) is 4.74 Å². The highest BCUT2D eigenvalue weighted by Crippen LogP contribution is 2.26. The van der Waals surface area contributed by atoms with Gasteiger partial charge >= 0.3 is 5.97 Å². The molecule has 20 heavy (non-hydrogen) atoms. The number of nitrogens with zero attached hydrogens (tertiary/aromatic N) is 1. The maximum atomic E-state index is 12.5. The Bertz CT molecular complexity index is 524. The van der Waals surface area contributed by atoms with Gasteiger partial charge in [-0.2, -0.15) is 0 Å². The lowest BCUT2D eigenvalue weighted by Gasteiger charge is -2.16. The number of halogens is 1. The summed E-state index contributed by atoms with van der Waals surface area (Å²) < 4.78 is 5.68. The fraction of sp³-hybridized carbons (Fsp3) is 0.467. The van der Waals surface area contributed by atoms with Crippen LogP contribution in [0.2, 0.25) is 0 Å². The van der Waals surface area contributed by atoms with Gasteiger partial charge in [-0.05, 0) is 36.6 Å². The molecular formula is C15H18BrNO3. The third-order valence-electron chi connectivity index (χ3n) is 3.69. The Kier molecular flexibility index (Phi) is 4.48. The van der Waals surface area contributed by atoms with E-state index < -0.39 is 0 Å². The molecule has 0 spiro atoms. The van der Waals surface area contributed by atoms with Gasteiger partial charge in [-0.3, -0.25) is 9.59 Å². The van der Waals surface area contributed by atoms with Gasteiger partial charge in [0.15, 0.2) is 0 Å². The first-order valence-corrected chi connectivity index (χ1v) is 7.36. The summed E-state index contributed by atoms with van der Waals surface area (Å²) in [5, 5.41) is 0. The van der Waals surface area contributed by atoms with Crippen LogP contribution in [0.15, 0.2) is 22.7 Å². The van der Waals surface area contributed by atoms with Crippen LogP contribution < -0.4 is 0 Å². The van der Waals surface area contributed by atoms with Crippen LogP contribution in [0, 0.1) is 18.8 Å². The van der Waals surface area contributed by atoms with Crippen molar-refractivity contribution in [2.45, 2.75) is 13.8 Å². The zero-order valence-corrected chi connectivity index (χ0v) is 13.4. The number of methoxy groups -OCH3 is 1. The van der Waals surface area contributed by atoms with E-state index in [-0.39, 0.29) is 23.7 Å². The molecule has 0 radical (unpaired) electrons. The van der Waals surface area contributed by atoms with Gasteiger partial charge in [0.05, 0.1) is 13.0 Å². The molecular weight excluding hydrogens is 322 g/mol. The van der Waals surface area contributed by atoms with Crippen LogP contribution in [0.25, 0.3) is 0 Å². The minimum absolute atomic E-state index is 0.0346. The van der Waals surface area contributed by atoms with Crippen molar-refractivity contribution in [3.05, 3.63) is 33.8 Å². The zero-order chi connectivity index (χ0) is 14.9. The van der Waals surface area contributed by atoms with Crippen molar-refractivity contribution < 1.29 is 14.3 Å². The summed E-state index contributed by atoms with van der Waals surface area (Å²) in [5.41, 5.74) is 1.68. The maximum absolute atomic E-state index is 12.5. The molecule has 0 bridgehead atoms. The Morgan fingerprint density at radius 2 is 2.00 bits per heavy atom. The number of aryl methyl sites for hydroxylation is 1. The molecule has 2 unspecified atom stereocenters. The molecule has 0 N–H and O–H groups in total. The Balaban J connectivity index is 2.16. The highest BCUT2D eigenvalue weighted by molar-refractivity contribution is 9.10. The molecule has 1 heterocycles. The molecule has 0 aromatic heterocycles. The van der Waals surface area contributed by atoms with E-state index in [2.05, 4.69) is 15.9 Å². The standard InChI is InChI=1S/C15H18BrNO3/c1-9-4-11(6-12(16)5-9)14(18)17-7-10(2)13(8-17)15(19)20-3/h4-6,10,13H,7-8H2,1-3H3. The average Bonchev–Trinajstić information content (AvgIpc) is 2.78. The van der Waals surface area contributed by atoms with E-state index in [1.807, 2.05) is 32.0 Å². The molecule has 2 rings (SSSR count). The molecule has 1 aromatic rings. The average molecular weight is 340 g/mol. The van der Waals surface area contributed by atoms with Gasteiger partial charge in [-0.1, -0.05) is 22.9 Å². The number of hydrogen-bond acceptors (Lipinski definition) is 3. The fourth-order valence-corrected chi connectivity index (χ4v) is 3.24. The molecule has 4 nitrogen and oxygen atoms in total. The molecule has 2 atom stereocenters. The van der Waals surface area contributed by atoms with Gasteiger partial charge in [0.25, 0.3) is 5.91 Å². The molecule has 1 aromatic carbocycles. The minimum Gasteiger partial charge on any atom is -0.469 e. The van der Waals surface area contributed by atoms with Crippen LogP contribution >= 0.6 is 15.9 Å². The number of rotatable bonds is 2. The number of likely N-dealkylation sites (tertiary alicyclic amines) is 1. The summed E-state index contributed by atoms with van der Waals surface area (Å²) >= 11 is 3.40. The van der Waals surface area contributed by atoms with E-state index in [1.54, 1.807) is 4.90 Å². The monoisotopic (exact) mass is 339 g/mol. The third-order valence-corrected chi connectivity index (χ3v) is 4.15. The van der Waals surface area contributed by atoms with Crippen molar-refractivity contribution in [3.8, 4) is 0 Å². The van der Waals surface area contributed by atoms with Gasteiger partial charge < -0.3 is 9.64 Å². The second-order valence-electron chi connectivity index (χ2n) is 5.33. The van der Waals surface area contributed by atoms with Gasteiger partial charge in [-0.15, -0.1) is 0 Å². The van der Waals surface area contributed by atoms with E-state index in [1.165, 1.54) is 7.11 Å². The first kappa shape index (κ1) is 15.0. The molecule has 1 saturated heterocycles. The summed E-state index contributed by atoms with van der Waals surface area (Å²) in [6.07, 6.45) is 0. The predicted octanol–water partition coefficient (Wildman–Crippen LogP) is 2.64. The van der Waals surface area contributed by atoms with Crippen LogP contribution in [0.4, 0.5) is 0 Å². The number of esters is 1. The predicted molar refractivity (Wildman–Crippen MR) is 79.5 cm³/mol. The van der Waals surface area contributed by atoms with Crippen molar-refractivity contribution in [2.75, 3.05) is 20.2 Å². The molecule has 1 aliphatic heterocycles. The lowest BCUT2D eigenvalue weighted by Crippen LogP contribution is -2.30. The normalized spacial score (nSPS) is 21.9. The molecule has 0 aliphatic carbocycles. The second-order valence-corrected chi connectivity index (χ2v) is 6.25. The first-order chi connectivity index (χ1) is 9.42. The summed E-state index contributed by atoms with van der Waals surface area (Å²) in [4.78, 5) is 25.9. The number of carbonyl (C=O) groups is 2. The van der Waals surface area contributed by atoms with E-state index in [9.17, 15) is 9.59 Å². The largest absolute Gasteiger partial charge is 0.469 e. The Labute approximate surface area is 127 Å². The third kappa shape index (κ3) is 3.03. The smallest absolute Gasteiger partial charge is 0.310 e. The lowest BCUT2D eigenvalue weighted by molar-refractivity contribution is -0.146. The first-order valence-electron chi connectivity index (χ1n) is 6.56. The van der Waals surface area contributed by atoms with Crippen LogP contribution in [-0.4, -0.2) is 37.0 Å². The van der Waals surface area contributed by atoms with Gasteiger partial charge in [0, 0.05) is 23.1 Å². The van der Waals surface area contributed by atoms with Crippen LogP contribution in [-0.2, 0) is 9.53 Å². The highest BCUT2D eigenvalue weighted by Gasteiger charge is 2.37. The molecule has 0 saturated carbocycles. The van der Waals surface area contributed by atoms with Gasteiger partial charge in [-0.25, -0.2) is 0 Å². The van der Waals surface area contributed by atoms with Crippen molar-refractivity contribution in [1.29, 1.82) is 0 Å². The van der Waals surface area contributed by atoms with Crippen molar-refractivity contribution in [2.24, 2.45) is 11.8 Å². The summed E-state index contributed by atoms with van der Waals surface area (Å²) in [6.45, 7) is 4.94.